The fraction of sp³-hybridized carbons (Fsp3) is 0.407. The van der Waals surface area contributed by atoms with Crippen LogP contribution >= 0.6 is 11.3 Å². The van der Waals surface area contributed by atoms with Crippen LogP contribution in [0.3, 0.4) is 0 Å². The highest BCUT2D eigenvalue weighted by Crippen LogP contribution is 2.34. The van der Waals surface area contributed by atoms with Gasteiger partial charge in [-0.2, -0.15) is 15.5 Å². The third-order valence-electron chi connectivity index (χ3n) is 6.75. The lowest BCUT2D eigenvalue weighted by molar-refractivity contribution is -0.132. The number of nitriles is 1. The molecule has 4 rings (SSSR count). The van der Waals surface area contributed by atoms with E-state index in [1.54, 1.807) is 14.0 Å². The van der Waals surface area contributed by atoms with E-state index in [1.165, 1.54) is 52.0 Å². The second-order valence-corrected chi connectivity index (χ2v) is 10.5. The molecular formula is C27H30FN7O5S. The lowest BCUT2D eigenvalue weighted by Gasteiger charge is -2.23. The average Bonchev–Trinajstić information content (AvgIpc) is 3.60. The van der Waals surface area contributed by atoms with Gasteiger partial charge in [0.2, 0.25) is 5.91 Å². The van der Waals surface area contributed by atoms with Gasteiger partial charge in [0.05, 0.1) is 50.5 Å². The molecule has 216 valence electrons. The highest BCUT2D eigenvalue weighted by atomic mass is 32.1. The summed E-state index contributed by atoms with van der Waals surface area (Å²) in [6, 6.07) is 5.78. The van der Waals surface area contributed by atoms with E-state index in [4.69, 9.17) is 14.7 Å². The molecule has 41 heavy (non-hydrogen) atoms. The van der Waals surface area contributed by atoms with Gasteiger partial charge in [0.15, 0.2) is 0 Å². The van der Waals surface area contributed by atoms with E-state index in [1.807, 2.05) is 19.9 Å². The second kappa shape index (κ2) is 12.4. The first-order valence-corrected chi connectivity index (χ1v) is 13.6. The molecule has 12 nitrogen and oxygen atoms in total. The second-order valence-electron chi connectivity index (χ2n) is 9.57. The Morgan fingerprint density at radius 3 is 2.56 bits per heavy atom. The Morgan fingerprint density at radius 1 is 1.22 bits per heavy atom. The zero-order valence-electron chi connectivity index (χ0n) is 23.3. The van der Waals surface area contributed by atoms with Crippen molar-refractivity contribution in [3.05, 3.63) is 68.4 Å². The van der Waals surface area contributed by atoms with Crippen molar-refractivity contribution < 1.29 is 18.7 Å². The molecule has 0 N–H and O–H groups in total. The van der Waals surface area contributed by atoms with Gasteiger partial charge < -0.3 is 14.4 Å². The van der Waals surface area contributed by atoms with Gasteiger partial charge in [-0.15, -0.1) is 4.80 Å². The first kappa shape index (κ1) is 29.6. The minimum atomic E-state index is -0.941. The van der Waals surface area contributed by atoms with Crippen LogP contribution in [-0.2, 0) is 22.6 Å². The molecule has 14 heteroatoms. The smallest absolute Gasteiger partial charge is 0.332 e. The maximum Gasteiger partial charge on any atom is 0.332 e. The van der Waals surface area contributed by atoms with Crippen LogP contribution in [0.15, 0.2) is 40.2 Å². The zero-order chi connectivity index (χ0) is 29.8. The normalized spacial score (nSPS) is 12.0. The summed E-state index contributed by atoms with van der Waals surface area (Å²) in [5, 5.41) is 18.2. The van der Waals surface area contributed by atoms with Gasteiger partial charge in [0.1, 0.15) is 34.0 Å². The monoisotopic (exact) mass is 583 g/mol. The molecule has 3 heterocycles. The Labute approximate surface area is 238 Å². The van der Waals surface area contributed by atoms with Crippen LogP contribution in [-0.4, -0.2) is 61.7 Å². The summed E-state index contributed by atoms with van der Waals surface area (Å²) in [5.74, 6) is -0.637. The molecule has 0 aliphatic rings. The maximum absolute atomic E-state index is 14.4. The number of halogens is 1. The van der Waals surface area contributed by atoms with Crippen molar-refractivity contribution in [1.82, 2.24) is 29.0 Å². The number of aromatic nitrogens is 5. The summed E-state index contributed by atoms with van der Waals surface area (Å²) in [7, 11) is 3.03. The number of likely N-dealkylation sites (N-methyl/N-ethyl adjacent to an activating group) is 1. The molecule has 0 saturated heterocycles. The summed E-state index contributed by atoms with van der Waals surface area (Å²) >= 11 is 1.13. The van der Waals surface area contributed by atoms with E-state index in [2.05, 4.69) is 10.2 Å². The van der Waals surface area contributed by atoms with Crippen LogP contribution in [0.4, 0.5) is 4.39 Å². The van der Waals surface area contributed by atoms with Crippen LogP contribution in [0.5, 0.6) is 5.75 Å². The summed E-state index contributed by atoms with van der Waals surface area (Å²) in [6.07, 6.45) is 2.10. The molecular weight excluding hydrogens is 553 g/mol. The van der Waals surface area contributed by atoms with Crippen molar-refractivity contribution in [3.63, 3.8) is 0 Å². The minimum absolute atomic E-state index is 0.00195. The van der Waals surface area contributed by atoms with Crippen molar-refractivity contribution in [2.45, 2.75) is 52.4 Å². The highest BCUT2D eigenvalue weighted by Gasteiger charge is 2.27. The number of thiophene rings is 1. The lowest BCUT2D eigenvalue weighted by atomic mass is 10.1. The number of aryl methyl sites for hydroxylation is 1. The predicted molar refractivity (Wildman–Crippen MR) is 150 cm³/mol. The summed E-state index contributed by atoms with van der Waals surface area (Å²) in [6.45, 7) is 4.73. The standard InChI is InChI=1S/C27H30FN7O5S/c1-16(2)32(4)22(36)15-33-24(37)23-17(3)25(35-30-10-11-31-35)41-26(23)34(27(33)38)14-21(40-12-6-9-29)19-13-18(28)7-8-20(19)39-5/h7-8,10-11,13,16,21H,6,12,14-15H2,1-5H3/t21-/m0/s1. The van der Waals surface area contributed by atoms with E-state index in [0.717, 1.165) is 15.9 Å². The van der Waals surface area contributed by atoms with Gasteiger partial charge in [-0.3, -0.25) is 18.7 Å². The Hall–Kier alpha value is -4.35. The van der Waals surface area contributed by atoms with Crippen molar-refractivity contribution >= 4 is 27.5 Å². The number of hydrogen-bond donors (Lipinski definition) is 0. The molecule has 3 aromatic heterocycles. The SMILES string of the molecule is COc1ccc(F)cc1[C@H](Cn1c(=O)n(CC(=O)N(C)C(C)C)c(=O)c2c(C)c(-n3nccn3)sc21)OCCC#N. The van der Waals surface area contributed by atoms with Crippen LogP contribution in [0.25, 0.3) is 15.2 Å². The highest BCUT2D eigenvalue weighted by molar-refractivity contribution is 7.21. The Balaban J connectivity index is 1.96. The summed E-state index contributed by atoms with van der Waals surface area (Å²) in [4.78, 5) is 43.8. The van der Waals surface area contributed by atoms with Crippen molar-refractivity contribution in [3.8, 4) is 16.8 Å². The van der Waals surface area contributed by atoms with E-state index in [9.17, 15) is 18.8 Å². The van der Waals surface area contributed by atoms with Gasteiger partial charge in [-0.25, -0.2) is 9.18 Å². The molecule has 0 aliphatic heterocycles. The number of carbonyl (C=O) groups excluding carboxylic acids is 1. The Bertz CT molecular complexity index is 1720. The van der Waals surface area contributed by atoms with Crippen LogP contribution in [0, 0.1) is 24.1 Å². The molecule has 0 aliphatic carbocycles. The lowest BCUT2D eigenvalue weighted by Crippen LogP contribution is -2.45. The number of hydrogen-bond acceptors (Lipinski definition) is 9. The van der Waals surface area contributed by atoms with E-state index >= 15 is 0 Å². The molecule has 1 aromatic carbocycles. The van der Waals surface area contributed by atoms with Crippen LogP contribution in [0.2, 0.25) is 0 Å². The number of fused-ring (bicyclic) bond motifs is 1. The zero-order valence-corrected chi connectivity index (χ0v) is 24.1. The molecule has 0 unspecified atom stereocenters. The number of amides is 1. The van der Waals surface area contributed by atoms with Crippen LogP contribution in [0.1, 0.15) is 37.5 Å². The van der Waals surface area contributed by atoms with Crippen molar-refractivity contribution in [2.24, 2.45) is 0 Å². The Kier molecular flexibility index (Phi) is 8.99. The Morgan fingerprint density at radius 2 is 1.93 bits per heavy atom. The predicted octanol–water partition coefficient (Wildman–Crippen LogP) is 2.80. The topological polar surface area (TPSA) is 137 Å². The summed E-state index contributed by atoms with van der Waals surface area (Å²) < 4.78 is 28.0. The average molecular weight is 584 g/mol. The molecule has 0 saturated carbocycles. The third-order valence-corrected chi connectivity index (χ3v) is 8.03. The molecule has 4 aromatic rings. The van der Waals surface area contributed by atoms with Crippen molar-refractivity contribution in [1.29, 1.82) is 5.26 Å². The van der Waals surface area contributed by atoms with Gasteiger partial charge >= 0.3 is 5.69 Å². The van der Waals surface area contributed by atoms with E-state index in [-0.39, 0.29) is 31.0 Å². The number of benzene rings is 1. The van der Waals surface area contributed by atoms with Gasteiger partial charge in [-0.05, 0) is 39.0 Å². The molecule has 0 spiro atoms. The fourth-order valence-electron chi connectivity index (χ4n) is 4.34. The van der Waals surface area contributed by atoms with E-state index in [0.29, 0.717) is 26.7 Å². The number of carbonyl (C=O) groups is 1. The molecule has 0 radical (unpaired) electrons. The first-order chi connectivity index (χ1) is 19.6. The summed E-state index contributed by atoms with van der Waals surface area (Å²) in [5.41, 5.74) is -0.507. The van der Waals surface area contributed by atoms with E-state index < -0.39 is 35.6 Å². The van der Waals surface area contributed by atoms with Gasteiger partial charge in [0.25, 0.3) is 5.56 Å². The fourth-order valence-corrected chi connectivity index (χ4v) is 5.56. The molecule has 1 amide bonds. The molecule has 1 atom stereocenters. The van der Waals surface area contributed by atoms with Crippen molar-refractivity contribution in [2.75, 3.05) is 20.8 Å². The number of nitrogens with zero attached hydrogens (tertiary/aromatic N) is 7. The molecule has 0 bridgehead atoms. The third kappa shape index (κ3) is 5.91. The largest absolute Gasteiger partial charge is 0.496 e. The van der Waals surface area contributed by atoms with Gasteiger partial charge in [0, 0.05) is 24.2 Å². The molecule has 0 fully saturated rings. The number of ether oxygens (including phenoxy) is 2. The van der Waals surface area contributed by atoms with Gasteiger partial charge in [-0.1, -0.05) is 11.3 Å². The first-order valence-electron chi connectivity index (χ1n) is 12.8. The minimum Gasteiger partial charge on any atom is -0.496 e. The number of rotatable bonds is 11. The van der Waals surface area contributed by atoms with Crippen LogP contribution < -0.4 is 16.0 Å². The maximum atomic E-state index is 14.4. The number of methoxy groups -OCH3 is 1. The quantitative estimate of drug-likeness (QED) is 0.246.